The Kier molecular flexibility index (Phi) is 5.08. The second-order valence-electron chi connectivity index (χ2n) is 6.06. The summed E-state index contributed by atoms with van der Waals surface area (Å²) in [5.74, 6) is 0.684. The quantitative estimate of drug-likeness (QED) is 0.724. The van der Waals surface area contributed by atoms with Crippen LogP contribution < -0.4 is 10.1 Å². The molecule has 0 fully saturated rings. The van der Waals surface area contributed by atoms with E-state index in [1.807, 2.05) is 37.4 Å². The van der Waals surface area contributed by atoms with E-state index >= 15 is 0 Å². The number of hydrogen-bond donors (Lipinski definition) is 1. The van der Waals surface area contributed by atoms with Crippen LogP contribution in [-0.2, 0) is 13.1 Å². The second-order valence-corrected chi connectivity index (χ2v) is 7.00. The summed E-state index contributed by atoms with van der Waals surface area (Å²) in [5, 5.41) is 6.84. The van der Waals surface area contributed by atoms with E-state index in [-0.39, 0.29) is 5.91 Å². The van der Waals surface area contributed by atoms with Crippen molar-refractivity contribution in [1.29, 1.82) is 0 Å². The van der Waals surface area contributed by atoms with E-state index in [2.05, 4.69) is 21.8 Å². The lowest BCUT2D eigenvalue weighted by atomic mass is 10.1. The van der Waals surface area contributed by atoms with Crippen LogP contribution >= 0.6 is 11.3 Å². The summed E-state index contributed by atoms with van der Waals surface area (Å²) in [5.41, 5.74) is 3.75. The Bertz CT molecular complexity index is 911. The summed E-state index contributed by atoms with van der Waals surface area (Å²) in [6.07, 6.45) is 1.01. The molecular weight excluding hydrogens is 334 g/mol. The summed E-state index contributed by atoms with van der Waals surface area (Å²) in [6, 6.07) is 5.91. The van der Waals surface area contributed by atoms with Crippen LogP contribution in [0.25, 0.3) is 10.9 Å². The molecule has 3 aromatic rings. The summed E-state index contributed by atoms with van der Waals surface area (Å²) in [4.78, 5) is 17.3. The van der Waals surface area contributed by atoms with Gasteiger partial charge in [-0.05, 0) is 38.5 Å². The maximum absolute atomic E-state index is 12.9. The van der Waals surface area contributed by atoms with Gasteiger partial charge in [0.05, 0.1) is 19.2 Å². The fourth-order valence-corrected chi connectivity index (χ4v) is 3.83. The molecule has 6 heteroatoms. The molecule has 132 valence electrons. The SMILES string of the molecule is CCCn1c(C)c(C(=O)NCc2nc(C)cs2)c2cc(OC)ccc21. The molecule has 1 amide bonds. The Morgan fingerprint density at radius 2 is 2.16 bits per heavy atom. The molecule has 0 unspecified atom stereocenters. The highest BCUT2D eigenvalue weighted by Gasteiger charge is 2.20. The van der Waals surface area contributed by atoms with Crippen molar-refractivity contribution in [3.8, 4) is 5.75 Å². The number of aromatic nitrogens is 2. The van der Waals surface area contributed by atoms with E-state index in [4.69, 9.17) is 4.74 Å². The van der Waals surface area contributed by atoms with Crippen molar-refractivity contribution in [1.82, 2.24) is 14.9 Å². The first-order valence-corrected chi connectivity index (χ1v) is 9.29. The summed E-state index contributed by atoms with van der Waals surface area (Å²) in [7, 11) is 1.64. The van der Waals surface area contributed by atoms with Gasteiger partial charge in [0.2, 0.25) is 0 Å². The standard InChI is InChI=1S/C19H23N3O2S/c1-5-8-22-13(3)18(15-9-14(24-4)6-7-16(15)22)19(23)20-10-17-21-12(2)11-25-17/h6-7,9,11H,5,8,10H2,1-4H3,(H,20,23). The van der Waals surface area contributed by atoms with E-state index in [1.54, 1.807) is 18.4 Å². The molecule has 0 atom stereocenters. The Balaban J connectivity index is 1.98. The third-order valence-corrected chi connectivity index (χ3v) is 5.24. The Labute approximate surface area is 151 Å². The topological polar surface area (TPSA) is 56.2 Å². The van der Waals surface area contributed by atoms with Crippen molar-refractivity contribution < 1.29 is 9.53 Å². The number of nitrogens with zero attached hydrogens (tertiary/aromatic N) is 2. The first kappa shape index (κ1) is 17.5. The minimum atomic E-state index is -0.0709. The van der Waals surface area contributed by atoms with Crippen LogP contribution in [0.5, 0.6) is 5.75 Å². The fourth-order valence-electron chi connectivity index (χ4n) is 3.11. The normalized spacial score (nSPS) is 11.0. The largest absolute Gasteiger partial charge is 0.497 e. The number of hydrogen-bond acceptors (Lipinski definition) is 4. The van der Waals surface area contributed by atoms with Gasteiger partial charge in [-0.1, -0.05) is 6.92 Å². The zero-order valence-electron chi connectivity index (χ0n) is 15.0. The number of benzene rings is 1. The number of ether oxygens (including phenoxy) is 1. The highest BCUT2D eigenvalue weighted by molar-refractivity contribution is 7.09. The Morgan fingerprint density at radius 1 is 1.36 bits per heavy atom. The Hall–Kier alpha value is -2.34. The van der Waals surface area contributed by atoms with Gasteiger partial charge in [-0.15, -0.1) is 11.3 Å². The number of nitrogens with one attached hydrogen (secondary N) is 1. The average molecular weight is 357 g/mol. The van der Waals surface area contributed by atoms with E-state index in [0.717, 1.165) is 51.6 Å². The van der Waals surface area contributed by atoms with Crippen LogP contribution in [0.3, 0.4) is 0 Å². The van der Waals surface area contributed by atoms with Gasteiger partial charge in [0.1, 0.15) is 10.8 Å². The Morgan fingerprint density at radius 3 is 2.80 bits per heavy atom. The van der Waals surface area contributed by atoms with Gasteiger partial charge in [0.25, 0.3) is 5.91 Å². The average Bonchev–Trinajstić information content (AvgIpc) is 3.14. The maximum atomic E-state index is 12.9. The molecule has 0 radical (unpaired) electrons. The van der Waals surface area contributed by atoms with Gasteiger partial charge >= 0.3 is 0 Å². The number of carbonyl (C=O) groups excluding carboxylic acids is 1. The van der Waals surface area contributed by atoms with Gasteiger partial charge in [-0.3, -0.25) is 4.79 Å². The van der Waals surface area contributed by atoms with Gasteiger partial charge in [-0.25, -0.2) is 4.98 Å². The molecular formula is C19H23N3O2S. The molecule has 2 aromatic heterocycles. The monoisotopic (exact) mass is 357 g/mol. The molecule has 0 bridgehead atoms. The van der Waals surface area contributed by atoms with Crippen LogP contribution in [0.1, 0.15) is 40.1 Å². The number of amides is 1. The molecule has 1 N–H and O–H groups in total. The summed E-state index contributed by atoms with van der Waals surface area (Å²) in [6.45, 7) is 7.43. The molecule has 0 spiro atoms. The van der Waals surface area contributed by atoms with Crippen molar-refractivity contribution in [3.63, 3.8) is 0 Å². The molecule has 0 saturated carbocycles. The predicted octanol–water partition coefficient (Wildman–Crippen LogP) is 4.06. The molecule has 0 saturated heterocycles. The zero-order valence-corrected chi connectivity index (χ0v) is 15.9. The van der Waals surface area contributed by atoms with Crippen LogP contribution in [0.2, 0.25) is 0 Å². The van der Waals surface area contributed by atoms with Crippen molar-refractivity contribution >= 4 is 28.1 Å². The molecule has 0 aliphatic carbocycles. The van der Waals surface area contributed by atoms with Gasteiger partial charge < -0.3 is 14.6 Å². The number of aryl methyl sites for hydroxylation is 2. The van der Waals surface area contributed by atoms with E-state index in [0.29, 0.717) is 6.54 Å². The smallest absolute Gasteiger partial charge is 0.254 e. The maximum Gasteiger partial charge on any atom is 0.254 e. The summed E-state index contributed by atoms with van der Waals surface area (Å²) >= 11 is 1.56. The minimum Gasteiger partial charge on any atom is -0.497 e. The number of thiazole rings is 1. The van der Waals surface area contributed by atoms with Crippen molar-refractivity contribution in [2.45, 2.75) is 40.3 Å². The second kappa shape index (κ2) is 7.27. The number of rotatable bonds is 6. The number of carbonyl (C=O) groups is 1. The highest BCUT2D eigenvalue weighted by atomic mass is 32.1. The fraction of sp³-hybridized carbons (Fsp3) is 0.368. The third-order valence-electron chi connectivity index (χ3n) is 4.27. The molecule has 25 heavy (non-hydrogen) atoms. The molecule has 3 rings (SSSR count). The zero-order chi connectivity index (χ0) is 18.0. The van der Waals surface area contributed by atoms with Crippen LogP contribution in [0.4, 0.5) is 0 Å². The molecule has 0 aliphatic heterocycles. The van der Waals surface area contributed by atoms with Crippen LogP contribution in [-0.4, -0.2) is 22.6 Å². The van der Waals surface area contributed by atoms with Crippen LogP contribution in [0, 0.1) is 13.8 Å². The van der Waals surface area contributed by atoms with E-state index < -0.39 is 0 Å². The van der Waals surface area contributed by atoms with E-state index in [1.165, 1.54) is 0 Å². The predicted molar refractivity (Wildman–Crippen MR) is 102 cm³/mol. The van der Waals surface area contributed by atoms with Crippen LogP contribution in [0.15, 0.2) is 23.6 Å². The molecule has 0 aliphatic rings. The molecule has 1 aromatic carbocycles. The lowest BCUT2D eigenvalue weighted by molar-refractivity contribution is 0.0951. The number of fused-ring (bicyclic) bond motifs is 1. The van der Waals surface area contributed by atoms with Crippen molar-refractivity contribution in [2.75, 3.05) is 7.11 Å². The lowest BCUT2D eigenvalue weighted by Gasteiger charge is -2.07. The van der Waals surface area contributed by atoms with Crippen molar-refractivity contribution in [3.05, 3.63) is 45.5 Å². The third kappa shape index (κ3) is 3.39. The molecule has 2 heterocycles. The van der Waals surface area contributed by atoms with E-state index in [9.17, 15) is 4.79 Å². The summed E-state index contributed by atoms with van der Waals surface area (Å²) < 4.78 is 7.55. The van der Waals surface area contributed by atoms with Crippen molar-refractivity contribution in [2.24, 2.45) is 0 Å². The highest BCUT2D eigenvalue weighted by Crippen LogP contribution is 2.29. The molecule has 5 nitrogen and oxygen atoms in total. The lowest BCUT2D eigenvalue weighted by Crippen LogP contribution is -2.23. The number of methoxy groups -OCH3 is 1. The van der Waals surface area contributed by atoms with Gasteiger partial charge in [0, 0.05) is 34.2 Å². The van der Waals surface area contributed by atoms with Gasteiger partial charge in [-0.2, -0.15) is 0 Å². The minimum absolute atomic E-state index is 0.0709. The first-order chi connectivity index (χ1) is 12.0. The first-order valence-electron chi connectivity index (χ1n) is 8.41. The van der Waals surface area contributed by atoms with Gasteiger partial charge in [0.15, 0.2) is 0 Å².